The number of morpholine rings is 1. The number of ether oxygens (including phenoxy) is 1. The molecular formula is C33H34N8O4S. The first kappa shape index (κ1) is 30.9. The summed E-state index contributed by atoms with van der Waals surface area (Å²) in [6, 6.07) is 16.4. The molecule has 0 bridgehead atoms. The molecule has 1 aliphatic rings. The highest BCUT2D eigenvalue weighted by atomic mass is 32.1. The number of carbonyl (C=O) groups is 3. The van der Waals surface area contributed by atoms with Gasteiger partial charge in [0.2, 0.25) is 0 Å². The highest BCUT2D eigenvalue weighted by Gasteiger charge is 2.18. The molecule has 13 heteroatoms. The largest absolute Gasteiger partial charge is 0.379 e. The number of carbonyl (C=O) groups excluding carboxylic acids is 3. The maximum Gasteiger partial charge on any atom is 0.272 e. The lowest BCUT2D eigenvalue weighted by atomic mass is 10.1. The van der Waals surface area contributed by atoms with Crippen molar-refractivity contribution in [3.63, 3.8) is 0 Å². The van der Waals surface area contributed by atoms with Crippen molar-refractivity contribution in [1.29, 1.82) is 0 Å². The Morgan fingerprint density at radius 3 is 2.11 bits per heavy atom. The average Bonchev–Trinajstić information content (AvgIpc) is 3.78. The molecule has 5 aromatic rings. The molecule has 1 fully saturated rings. The Balaban J connectivity index is 1.02. The summed E-state index contributed by atoms with van der Waals surface area (Å²) in [5.74, 6) is -0.869. The topological polar surface area (TPSA) is 135 Å². The van der Waals surface area contributed by atoms with Crippen LogP contribution in [0, 0.1) is 0 Å². The molecule has 1 aliphatic heterocycles. The Labute approximate surface area is 270 Å². The van der Waals surface area contributed by atoms with Crippen LogP contribution < -0.4 is 16.0 Å². The number of aryl methyl sites for hydroxylation is 2. The summed E-state index contributed by atoms with van der Waals surface area (Å²) in [4.78, 5) is 41.1. The van der Waals surface area contributed by atoms with E-state index in [9.17, 15) is 14.4 Å². The molecule has 0 radical (unpaired) electrons. The quantitative estimate of drug-likeness (QED) is 0.196. The van der Waals surface area contributed by atoms with Crippen LogP contribution in [0.3, 0.4) is 0 Å². The number of nitrogens with zero attached hydrogens (tertiary/aromatic N) is 5. The van der Waals surface area contributed by atoms with Gasteiger partial charge in [-0.3, -0.25) is 19.3 Å². The van der Waals surface area contributed by atoms with E-state index < -0.39 is 0 Å². The standard InChI is InChI=1S/C33H34N8O4S/c1-39-21-26(18-29(39)32(43)34-11-12-41-13-15-45-16-14-41)36-33(44)30-19-25(20-40(30)2)35-31(42)24-8-5-22(6-9-24)3-4-23-7-10-27-28(17-23)38-46-37-27/h3-10,17-21H,11-16H2,1-2H3,(H,34,43)(H,35,42)(H,36,44)/b4-3+. The number of hydrogen-bond acceptors (Lipinski definition) is 8. The normalized spacial score (nSPS) is 13.7. The SMILES string of the molecule is Cn1cc(NC(=O)c2cc(NC(=O)c3ccc(/C=C/c4ccc5nsnc5c4)cc3)cn2C)cc1C(=O)NCCN1CCOCC1. The second kappa shape index (κ2) is 13.9. The molecule has 236 valence electrons. The minimum Gasteiger partial charge on any atom is -0.379 e. The van der Waals surface area contributed by atoms with Crippen LogP contribution in [0.15, 0.2) is 67.0 Å². The fourth-order valence-corrected chi connectivity index (χ4v) is 5.72. The summed E-state index contributed by atoms with van der Waals surface area (Å²) in [7, 11) is 3.49. The molecule has 4 heterocycles. The molecule has 3 amide bonds. The van der Waals surface area contributed by atoms with Gasteiger partial charge in [-0.2, -0.15) is 8.75 Å². The average molecular weight is 639 g/mol. The molecule has 0 aliphatic carbocycles. The van der Waals surface area contributed by atoms with E-state index in [-0.39, 0.29) is 17.7 Å². The first-order valence-corrected chi connectivity index (χ1v) is 15.6. The predicted molar refractivity (Wildman–Crippen MR) is 179 cm³/mol. The van der Waals surface area contributed by atoms with Crippen LogP contribution >= 0.6 is 11.7 Å². The van der Waals surface area contributed by atoms with E-state index in [2.05, 4.69) is 29.6 Å². The Kier molecular flexibility index (Phi) is 9.33. The van der Waals surface area contributed by atoms with Gasteiger partial charge >= 0.3 is 0 Å². The van der Waals surface area contributed by atoms with Crippen molar-refractivity contribution in [1.82, 2.24) is 28.1 Å². The molecule has 2 aromatic carbocycles. The molecular weight excluding hydrogens is 604 g/mol. The summed E-state index contributed by atoms with van der Waals surface area (Å²) in [5, 5.41) is 8.66. The molecule has 46 heavy (non-hydrogen) atoms. The van der Waals surface area contributed by atoms with Gasteiger partial charge in [-0.1, -0.05) is 30.4 Å². The Hall–Kier alpha value is -5.11. The van der Waals surface area contributed by atoms with Crippen LogP contribution in [0.4, 0.5) is 11.4 Å². The molecule has 0 saturated carbocycles. The molecule has 12 nitrogen and oxygen atoms in total. The first-order chi connectivity index (χ1) is 22.3. The smallest absolute Gasteiger partial charge is 0.272 e. The van der Waals surface area contributed by atoms with Gasteiger partial charge in [-0.25, -0.2) is 0 Å². The van der Waals surface area contributed by atoms with Crippen molar-refractivity contribution in [2.45, 2.75) is 0 Å². The number of anilines is 2. The van der Waals surface area contributed by atoms with Gasteiger partial charge in [0.25, 0.3) is 17.7 Å². The second-order valence-electron chi connectivity index (χ2n) is 11.0. The van der Waals surface area contributed by atoms with Gasteiger partial charge in [-0.05, 0) is 47.5 Å². The Bertz CT molecular complexity index is 1900. The van der Waals surface area contributed by atoms with E-state index in [1.54, 1.807) is 59.9 Å². The lowest BCUT2D eigenvalue weighted by Gasteiger charge is -2.26. The molecule has 0 atom stereocenters. The zero-order chi connectivity index (χ0) is 32.0. The van der Waals surface area contributed by atoms with Crippen molar-refractivity contribution in [3.05, 3.63) is 95.1 Å². The third-order valence-electron chi connectivity index (χ3n) is 7.73. The van der Waals surface area contributed by atoms with E-state index in [4.69, 9.17) is 4.74 Å². The molecule has 0 unspecified atom stereocenters. The summed E-state index contributed by atoms with van der Waals surface area (Å²) in [6.07, 6.45) is 7.33. The van der Waals surface area contributed by atoms with Gasteiger partial charge < -0.3 is 29.8 Å². The maximum atomic E-state index is 13.1. The number of fused-ring (bicyclic) bond motifs is 1. The fourth-order valence-electron chi connectivity index (χ4n) is 5.20. The van der Waals surface area contributed by atoms with Gasteiger partial charge in [-0.15, -0.1) is 0 Å². The summed E-state index contributed by atoms with van der Waals surface area (Å²) in [5.41, 5.74) is 5.96. The van der Waals surface area contributed by atoms with E-state index in [0.29, 0.717) is 48.1 Å². The van der Waals surface area contributed by atoms with E-state index in [1.165, 1.54) is 11.7 Å². The lowest BCUT2D eigenvalue weighted by molar-refractivity contribution is 0.0383. The van der Waals surface area contributed by atoms with Crippen molar-refractivity contribution < 1.29 is 19.1 Å². The molecule has 0 spiro atoms. The summed E-state index contributed by atoms with van der Waals surface area (Å²) >= 11 is 1.19. The predicted octanol–water partition coefficient (Wildman–Crippen LogP) is 4.11. The van der Waals surface area contributed by atoms with Crippen LogP contribution in [-0.2, 0) is 18.8 Å². The third-order valence-corrected chi connectivity index (χ3v) is 8.28. The lowest BCUT2D eigenvalue weighted by Crippen LogP contribution is -2.41. The minimum atomic E-state index is -0.366. The number of nitrogens with one attached hydrogen (secondary N) is 3. The van der Waals surface area contributed by atoms with E-state index >= 15 is 0 Å². The van der Waals surface area contributed by atoms with Crippen molar-refractivity contribution in [3.8, 4) is 0 Å². The number of amides is 3. The maximum absolute atomic E-state index is 13.1. The van der Waals surface area contributed by atoms with Gasteiger partial charge in [0.15, 0.2) is 0 Å². The van der Waals surface area contributed by atoms with Crippen LogP contribution in [0.5, 0.6) is 0 Å². The zero-order valence-corrected chi connectivity index (χ0v) is 26.3. The highest BCUT2D eigenvalue weighted by Crippen LogP contribution is 2.19. The number of aromatic nitrogens is 4. The third kappa shape index (κ3) is 7.40. The van der Waals surface area contributed by atoms with Crippen molar-refractivity contribution >= 4 is 64.0 Å². The van der Waals surface area contributed by atoms with E-state index in [0.717, 1.165) is 41.8 Å². The highest BCUT2D eigenvalue weighted by molar-refractivity contribution is 7.00. The molecule has 1 saturated heterocycles. The van der Waals surface area contributed by atoms with Gasteiger partial charge in [0.05, 0.1) is 36.3 Å². The first-order valence-electron chi connectivity index (χ1n) is 14.9. The van der Waals surface area contributed by atoms with Crippen LogP contribution in [0.25, 0.3) is 23.2 Å². The monoisotopic (exact) mass is 638 g/mol. The number of benzene rings is 2. The summed E-state index contributed by atoms with van der Waals surface area (Å²) in [6.45, 7) is 4.41. The van der Waals surface area contributed by atoms with Gasteiger partial charge in [0.1, 0.15) is 22.4 Å². The zero-order valence-electron chi connectivity index (χ0n) is 25.5. The molecule has 3 aromatic heterocycles. The Morgan fingerprint density at radius 1 is 0.783 bits per heavy atom. The number of rotatable bonds is 10. The van der Waals surface area contributed by atoms with Crippen LogP contribution in [0.1, 0.15) is 42.5 Å². The van der Waals surface area contributed by atoms with Crippen molar-refractivity contribution in [2.75, 3.05) is 50.0 Å². The van der Waals surface area contributed by atoms with E-state index in [1.807, 2.05) is 42.5 Å². The molecule has 6 rings (SSSR count). The van der Waals surface area contributed by atoms with Crippen LogP contribution in [-0.4, -0.2) is 79.9 Å². The summed E-state index contributed by atoms with van der Waals surface area (Å²) < 4.78 is 17.2. The molecule has 3 N–H and O–H groups in total. The Morgan fingerprint density at radius 2 is 1.39 bits per heavy atom. The number of hydrogen-bond donors (Lipinski definition) is 3. The second-order valence-corrected chi connectivity index (χ2v) is 11.6. The van der Waals surface area contributed by atoms with Gasteiger partial charge in [0, 0.05) is 58.2 Å². The minimum absolute atomic E-state index is 0.213. The van der Waals surface area contributed by atoms with Crippen LogP contribution in [0.2, 0.25) is 0 Å². The fraction of sp³-hybridized carbons (Fsp3) is 0.242. The van der Waals surface area contributed by atoms with Crippen molar-refractivity contribution in [2.24, 2.45) is 14.1 Å².